The van der Waals surface area contributed by atoms with Crippen molar-refractivity contribution in [1.29, 1.82) is 0 Å². The summed E-state index contributed by atoms with van der Waals surface area (Å²) < 4.78 is 1.22. The van der Waals surface area contributed by atoms with Gasteiger partial charge in [0.15, 0.2) is 0 Å². The highest BCUT2D eigenvalue weighted by molar-refractivity contribution is 9.11. The van der Waals surface area contributed by atoms with Crippen molar-refractivity contribution < 1.29 is 0 Å². The van der Waals surface area contributed by atoms with E-state index in [2.05, 4.69) is 57.3 Å². The summed E-state index contributed by atoms with van der Waals surface area (Å²) in [4.78, 5) is 6.29. The molecule has 1 saturated heterocycles. The molecule has 2 rings (SSSR count). The molecular formula is C12H20BrN3S. The van der Waals surface area contributed by atoms with Crippen molar-refractivity contribution in [2.45, 2.75) is 12.6 Å². The largest absolute Gasteiger partial charge is 0.314 e. The molecule has 0 aliphatic carbocycles. The van der Waals surface area contributed by atoms with Crippen molar-refractivity contribution in [3.05, 3.63) is 20.8 Å². The first kappa shape index (κ1) is 13.5. The molecule has 2 heterocycles. The second-order valence-corrected chi connectivity index (χ2v) is 7.29. The van der Waals surface area contributed by atoms with Crippen LogP contribution in [0.1, 0.15) is 4.88 Å². The first-order valence-electron chi connectivity index (χ1n) is 5.99. The van der Waals surface area contributed by atoms with E-state index >= 15 is 0 Å². The van der Waals surface area contributed by atoms with Gasteiger partial charge in [-0.2, -0.15) is 0 Å². The third-order valence-electron chi connectivity index (χ3n) is 3.22. The molecule has 17 heavy (non-hydrogen) atoms. The van der Waals surface area contributed by atoms with E-state index < -0.39 is 0 Å². The minimum absolute atomic E-state index is 0.636. The molecule has 0 spiro atoms. The summed E-state index contributed by atoms with van der Waals surface area (Å²) >= 11 is 5.34. The molecule has 1 aromatic heterocycles. The third-order valence-corrected chi connectivity index (χ3v) is 4.83. The fourth-order valence-electron chi connectivity index (χ4n) is 2.19. The fourth-order valence-corrected chi connectivity index (χ4v) is 3.76. The molecule has 1 N–H and O–H groups in total. The molecule has 0 saturated carbocycles. The SMILES string of the molecule is CN(Cc1ccc(Br)s1)CC1CNCCN1C. The van der Waals surface area contributed by atoms with Crippen LogP contribution in [-0.2, 0) is 6.54 Å². The molecule has 0 amide bonds. The smallest absolute Gasteiger partial charge is 0.0701 e. The topological polar surface area (TPSA) is 18.5 Å². The van der Waals surface area contributed by atoms with E-state index in [9.17, 15) is 0 Å². The van der Waals surface area contributed by atoms with Gasteiger partial charge in [-0.25, -0.2) is 0 Å². The Kier molecular flexibility index (Phi) is 4.99. The van der Waals surface area contributed by atoms with Crippen molar-refractivity contribution in [1.82, 2.24) is 15.1 Å². The molecule has 1 aromatic rings. The van der Waals surface area contributed by atoms with Crippen molar-refractivity contribution >= 4 is 27.3 Å². The number of piperazine rings is 1. The number of rotatable bonds is 4. The van der Waals surface area contributed by atoms with Gasteiger partial charge in [-0.1, -0.05) is 0 Å². The highest BCUT2D eigenvalue weighted by Gasteiger charge is 2.19. The lowest BCUT2D eigenvalue weighted by atomic mass is 10.2. The van der Waals surface area contributed by atoms with E-state index in [4.69, 9.17) is 0 Å². The lowest BCUT2D eigenvalue weighted by molar-refractivity contribution is 0.150. The molecule has 1 fully saturated rings. The number of thiophene rings is 1. The molecule has 0 bridgehead atoms. The van der Waals surface area contributed by atoms with Gasteiger partial charge in [0.05, 0.1) is 3.79 Å². The van der Waals surface area contributed by atoms with Crippen molar-refractivity contribution in [3.63, 3.8) is 0 Å². The van der Waals surface area contributed by atoms with E-state index in [1.54, 1.807) is 0 Å². The minimum Gasteiger partial charge on any atom is -0.314 e. The zero-order valence-electron chi connectivity index (χ0n) is 10.4. The zero-order chi connectivity index (χ0) is 12.3. The van der Waals surface area contributed by atoms with Crippen LogP contribution in [0.15, 0.2) is 15.9 Å². The average molecular weight is 318 g/mol. The van der Waals surface area contributed by atoms with Crippen LogP contribution in [0.3, 0.4) is 0 Å². The molecule has 1 atom stereocenters. The summed E-state index contributed by atoms with van der Waals surface area (Å²) in [6.45, 7) is 5.55. The van der Waals surface area contributed by atoms with Crippen molar-refractivity contribution in [2.24, 2.45) is 0 Å². The number of likely N-dealkylation sites (N-methyl/N-ethyl adjacent to an activating group) is 2. The number of halogens is 1. The lowest BCUT2D eigenvalue weighted by Gasteiger charge is -2.35. The van der Waals surface area contributed by atoms with Crippen LogP contribution >= 0.6 is 27.3 Å². The second-order valence-electron chi connectivity index (χ2n) is 4.74. The summed E-state index contributed by atoms with van der Waals surface area (Å²) in [5.41, 5.74) is 0. The normalized spacial score (nSPS) is 22.2. The summed E-state index contributed by atoms with van der Waals surface area (Å²) in [6, 6.07) is 4.97. The number of hydrogen-bond donors (Lipinski definition) is 1. The number of hydrogen-bond acceptors (Lipinski definition) is 4. The van der Waals surface area contributed by atoms with Crippen molar-refractivity contribution in [3.8, 4) is 0 Å². The first-order chi connectivity index (χ1) is 8.15. The van der Waals surface area contributed by atoms with Gasteiger partial charge in [0.25, 0.3) is 0 Å². The maximum absolute atomic E-state index is 3.51. The Morgan fingerprint density at radius 3 is 3.06 bits per heavy atom. The number of nitrogens with zero attached hydrogens (tertiary/aromatic N) is 2. The van der Waals surface area contributed by atoms with Crippen LogP contribution in [-0.4, -0.2) is 56.1 Å². The highest BCUT2D eigenvalue weighted by Crippen LogP contribution is 2.23. The molecule has 96 valence electrons. The molecule has 1 aliphatic heterocycles. The molecule has 5 heteroatoms. The predicted molar refractivity (Wildman–Crippen MR) is 77.6 cm³/mol. The summed E-state index contributed by atoms with van der Waals surface area (Å²) in [6.07, 6.45) is 0. The Labute approximate surface area is 116 Å². The maximum Gasteiger partial charge on any atom is 0.0701 e. The van der Waals surface area contributed by atoms with Gasteiger partial charge in [0.1, 0.15) is 0 Å². The van der Waals surface area contributed by atoms with Gasteiger partial charge < -0.3 is 5.32 Å². The molecule has 1 aliphatic rings. The van der Waals surface area contributed by atoms with Crippen molar-refractivity contribution in [2.75, 3.05) is 40.3 Å². The maximum atomic E-state index is 3.51. The Morgan fingerprint density at radius 1 is 1.59 bits per heavy atom. The van der Waals surface area contributed by atoms with Crippen LogP contribution in [0, 0.1) is 0 Å². The predicted octanol–water partition coefficient (Wildman–Crippen LogP) is 1.85. The standard InChI is InChI=1S/C12H20BrN3S/c1-15(9-11-3-4-12(13)17-11)8-10-7-14-5-6-16(10)2/h3-4,10,14H,5-9H2,1-2H3. The molecule has 3 nitrogen and oxygen atoms in total. The van der Waals surface area contributed by atoms with Crippen LogP contribution in [0.2, 0.25) is 0 Å². The molecular weight excluding hydrogens is 298 g/mol. The Hall–Kier alpha value is 0.0600. The second kappa shape index (κ2) is 6.29. The Morgan fingerprint density at radius 2 is 2.41 bits per heavy atom. The summed E-state index contributed by atoms with van der Waals surface area (Å²) in [5.74, 6) is 0. The van der Waals surface area contributed by atoms with Gasteiger partial charge in [-0.05, 0) is 42.2 Å². The molecule has 0 aromatic carbocycles. The quantitative estimate of drug-likeness (QED) is 0.914. The number of nitrogens with one attached hydrogen (secondary N) is 1. The first-order valence-corrected chi connectivity index (χ1v) is 7.60. The fraction of sp³-hybridized carbons (Fsp3) is 0.667. The van der Waals surface area contributed by atoms with Gasteiger partial charge >= 0.3 is 0 Å². The minimum atomic E-state index is 0.636. The van der Waals surface area contributed by atoms with Crippen LogP contribution in [0.25, 0.3) is 0 Å². The van der Waals surface area contributed by atoms with Gasteiger partial charge in [-0.3, -0.25) is 9.80 Å². The van der Waals surface area contributed by atoms with Gasteiger partial charge in [0, 0.05) is 43.6 Å². The van der Waals surface area contributed by atoms with Crippen LogP contribution in [0.5, 0.6) is 0 Å². The van der Waals surface area contributed by atoms with E-state index in [1.807, 2.05) is 11.3 Å². The van der Waals surface area contributed by atoms with E-state index in [-0.39, 0.29) is 0 Å². The Bertz CT molecular complexity index is 355. The van der Waals surface area contributed by atoms with E-state index in [0.717, 1.165) is 32.7 Å². The Balaban J connectivity index is 1.82. The third kappa shape index (κ3) is 4.03. The molecule has 0 radical (unpaired) electrons. The van der Waals surface area contributed by atoms with E-state index in [0.29, 0.717) is 6.04 Å². The van der Waals surface area contributed by atoms with Gasteiger partial charge in [0.2, 0.25) is 0 Å². The monoisotopic (exact) mass is 317 g/mol. The lowest BCUT2D eigenvalue weighted by Crippen LogP contribution is -2.53. The zero-order valence-corrected chi connectivity index (χ0v) is 12.9. The van der Waals surface area contributed by atoms with Crippen LogP contribution in [0.4, 0.5) is 0 Å². The molecule has 1 unspecified atom stereocenters. The van der Waals surface area contributed by atoms with Crippen LogP contribution < -0.4 is 5.32 Å². The van der Waals surface area contributed by atoms with E-state index in [1.165, 1.54) is 8.66 Å². The van der Waals surface area contributed by atoms with Gasteiger partial charge in [-0.15, -0.1) is 11.3 Å². The highest BCUT2D eigenvalue weighted by atomic mass is 79.9. The summed E-state index contributed by atoms with van der Waals surface area (Å²) in [7, 11) is 4.43. The average Bonchev–Trinajstić information content (AvgIpc) is 2.67. The summed E-state index contributed by atoms with van der Waals surface area (Å²) in [5, 5.41) is 3.47.